The van der Waals surface area contributed by atoms with Gasteiger partial charge in [-0.05, 0) is 43.5 Å². The van der Waals surface area contributed by atoms with E-state index in [1.165, 1.54) is 25.1 Å². The highest BCUT2D eigenvalue weighted by atomic mass is 32.2. The van der Waals surface area contributed by atoms with E-state index in [-0.39, 0.29) is 10.8 Å². The number of amides is 1. The molecule has 0 aliphatic carbocycles. The molecule has 1 amide bonds. The monoisotopic (exact) mass is 313 g/mol. The van der Waals surface area contributed by atoms with E-state index in [2.05, 4.69) is 10.0 Å². The first-order valence-corrected chi connectivity index (χ1v) is 8.28. The Morgan fingerprint density at radius 1 is 1.29 bits per heavy atom. The molecule has 1 rings (SSSR count). The lowest BCUT2D eigenvalue weighted by Gasteiger charge is -2.16. The molecule has 0 spiro atoms. The molecule has 0 saturated carbocycles. The lowest BCUT2D eigenvalue weighted by Crippen LogP contribution is -2.45. The van der Waals surface area contributed by atoms with Gasteiger partial charge in [-0.3, -0.25) is 4.79 Å². The van der Waals surface area contributed by atoms with Crippen molar-refractivity contribution in [3.8, 4) is 0 Å². The molecule has 4 N–H and O–H groups in total. The van der Waals surface area contributed by atoms with Gasteiger partial charge in [-0.2, -0.15) is 4.72 Å². The topological polar surface area (TPSA) is 101 Å². The number of benzene rings is 1. The first-order valence-electron chi connectivity index (χ1n) is 6.79. The second-order valence-corrected chi connectivity index (χ2v) is 7.21. The van der Waals surface area contributed by atoms with Crippen LogP contribution in [0.15, 0.2) is 23.1 Å². The molecule has 1 unspecified atom stereocenters. The first-order chi connectivity index (χ1) is 9.63. The maximum atomic E-state index is 12.2. The molecule has 0 aliphatic rings. The van der Waals surface area contributed by atoms with Crippen LogP contribution in [0.3, 0.4) is 0 Å². The van der Waals surface area contributed by atoms with Gasteiger partial charge in [0.2, 0.25) is 15.9 Å². The Hall–Kier alpha value is -1.60. The van der Waals surface area contributed by atoms with Gasteiger partial charge in [0, 0.05) is 12.2 Å². The fraction of sp³-hybridized carbons (Fsp3) is 0.500. The number of hydrogen-bond donors (Lipinski definition) is 3. The van der Waals surface area contributed by atoms with Crippen molar-refractivity contribution in [2.45, 2.75) is 38.6 Å². The van der Waals surface area contributed by atoms with Crippen LogP contribution in [0, 0.1) is 12.8 Å². The number of rotatable bonds is 6. The molecule has 1 aromatic rings. The SMILES string of the molecule is Cc1cc(S(=O)(=O)NC(C)C(=O)NCC(C)C)ccc1N. The Morgan fingerprint density at radius 3 is 2.43 bits per heavy atom. The van der Waals surface area contributed by atoms with E-state index < -0.39 is 16.1 Å². The zero-order valence-corrected chi connectivity index (χ0v) is 13.6. The molecule has 0 saturated heterocycles. The van der Waals surface area contributed by atoms with Crippen LogP contribution in [-0.2, 0) is 14.8 Å². The summed E-state index contributed by atoms with van der Waals surface area (Å²) in [5, 5.41) is 2.69. The summed E-state index contributed by atoms with van der Waals surface area (Å²) in [5.74, 6) is -0.0445. The average Bonchev–Trinajstić information content (AvgIpc) is 2.38. The summed E-state index contributed by atoms with van der Waals surface area (Å²) < 4.78 is 26.8. The lowest BCUT2D eigenvalue weighted by atomic mass is 10.2. The number of sulfonamides is 1. The molecule has 0 fully saturated rings. The van der Waals surface area contributed by atoms with Crippen LogP contribution in [0.25, 0.3) is 0 Å². The highest BCUT2D eigenvalue weighted by Crippen LogP contribution is 2.16. The van der Waals surface area contributed by atoms with Gasteiger partial charge in [0.1, 0.15) is 0 Å². The Labute approximate surface area is 126 Å². The van der Waals surface area contributed by atoms with Gasteiger partial charge in [0.15, 0.2) is 0 Å². The van der Waals surface area contributed by atoms with Gasteiger partial charge in [0.05, 0.1) is 10.9 Å². The zero-order valence-electron chi connectivity index (χ0n) is 12.8. The third-order valence-electron chi connectivity index (χ3n) is 2.96. The summed E-state index contributed by atoms with van der Waals surface area (Å²) in [6.07, 6.45) is 0. The van der Waals surface area contributed by atoms with Crippen LogP contribution < -0.4 is 15.8 Å². The number of nitrogen functional groups attached to an aromatic ring is 1. The number of nitrogens with two attached hydrogens (primary N) is 1. The van der Waals surface area contributed by atoms with Gasteiger partial charge in [0.25, 0.3) is 0 Å². The Bertz CT molecular complexity index is 612. The van der Waals surface area contributed by atoms with Crippen LogP contribution in [0.2, 0.25) is 0 Å². The third-order valence-corrected chi connectivity index (χ3v) is 4.50. The Kier molecular flexibility index (Phi) is 5.74. The zero-order chi connectivity index (χ0) is 16.2. The Balaban J connectivity index is 2.80. The molecule has 118 valence electrons. The predicted octanol–water partition coefficient (Wildman–Crippen LogP) is 1.02. The largest absolute Gasteiger partial charge is 0.399 e. The summed E-state index contributed by atoms with van der Waals surface area (Å²) >= 11 is 0. The molecular weight excluding hydrogens is 290 g/mol. The van der Waals surface area contributed by atoms with Gasteiger partial charge >= 0.3 is 0 Å². The quantitative estimate of drug-likeness (QED) is 0.682. The maximum Gasteiger partial charge on any atom is 0.241 e. The number of aryl methyl sites for hydroxylation is 1. The number of nitrogens with one attached hydrogen (secondary N) is 2. The molecule has 1 atom stereocenters. The summed E-state index contributed by atoms with van der Waals surface area (Å²) in [6, 6.07) is 3.60. The average molecular weight is 313 g/mol. The molecule has 0 radical (unpaired) electrons. The molecule has 0 heterocycles. The minimum atomic E-state index is -3.75. The summed E-state index contributed by atoms with van der Waals surface area (Å²) in [7, 11) is -3.75. The van der Waals surface area contributed by atoms with E-state index in [0.717, 1.165) is 0 Å². The normalized spacial score (nSPS) is 13.2. The van der Waals surface area contributed by atoms with Crippen molar-refractivity contribution >= 4 is 21.6 Å². The fourth-order valence-electron chi connectivity index (χ4n) is 1.63. The molecule has 6 nitrogen and oxygen atoms in total. The number of carbonyl (C=O) groups is 1. The van der Waals surface area contributed by atoms with E-state index in [1.54, 1.807) is 6.92 Å². The van der Waals surface area contributed by atoms with Crippen LogP contribution >= 0.6 is 0 Å². The van der Waals surface area contributed by atoms with Crippen molar-refractivity contribution in [2.24, 2.45) is 5.92 Å². The van der Waals surface area contributed by atoms with Crippen molar-refractivity contribution in [3.63, 3.8) is 0 Å². The second kappa shape index (κ2) is 6.91. The fourth-order valence-corrected chi connectivity index (χ4v) is 2.92. The van der Waals surface area contributed by atoms with Gasteiger partial charge in [-0.15, -0.1) is 0 Å². The van der Waals surface area contributed by atoms with Crippen molar-refractivity contribution in [1.29, 1.82) is 0 Å². The third kappa shape index (κ3) is 5.02. The maximum absolute atomic E-state index is 12.2. The Morgan fingerprint density at radius 2 is 1.90 bits per heavy atom. The molecule has 0 bridgehead atoms. The van der Waals surface area contributed by atoms with Crippen LogP contribution in [-0.4, -0.2) is 26.9 Å². The van der Waals surface area contributed by atoms with Crippen molar-refractivity contribution in [2.75, 3.05) is 12.3 Å². The lowest BCUT2D eigenvalue weighted by molar-refractivity contribution is -0.122. The molecular formula is C14H23N3O3S. The summed E-state index contributed by atoms with van der Waals surface area (Å²) in [5.41, 5.74) is 6.87. The van der Waals surface area contributed by atoms with Crippen LogP contribution in [0.5, 0.6) is 0 Å². The van der Waals surface area contributed by atoms with E-state index in [9.17, 15) is 13.2 Å². The second-order valence-electron chi connectivity index (χ2n) is 5.50. The highest BCUT2D eigenvalue weighted by molar-refractivity contribution is 7.89. The van der Waals surface area contributed by atoms with Crippen molar-refractivity contribution in [1.82, 2.24) is 10.0 Å². The summed E-state index contributed by atoms with van der Waals surface area (Å²) in [4.78, 5) is 11.9. The van der Waals surface area contributed by atoms with E-state index in [1.807, 2.05) is 13.8 Å². The summed E-state index contributed by atoms with van der Waals surface area (Å²) in [6.45, 7) is 7.68. The van der Waals surface area contributed by atoms with E-state index in [4.69, 9.17) is 5.73 Å². The van der Waals surface area contributed by atoms with Crippen LogP contribution in [0.1, 0.15) is 26.3 Å². The standard InChI is InChI=1S/C14H23N3O3S/c1-9(2)8-16-14(18)11(4)17-21(19,20)12-5-6-13(15)10(3)7-12/h5-7,9,11,17H,8,15H2,1-4H3,(H,16,18). The van der Waals surface area contributed by atoms with E-state index in [0.29, 0.717) is 23.7 Å². The number of hydrogen-bond acceptors (Lipinski definition) is 4. The molecule has 7 heteroatoms. The molecule has 0 aromatic heterocycles. The molecule has 0 aliphatic heterocycles. The van der Waals surface area contributed by atoms with Crippen molar-refractivity contribution in [3.05, 3.63) is 23.8 Å². The minimum Gasteiger partial charge on any atom is -0.399 e. The van der Waals surface area contributed by atoms with Crippen molar-refractivity contribution < 1.29 is 13.2 Å². The van der Waals surface area contributed by atoms with E-state index >= 15 is 0 Å². The van der Waals surface area contributed by atoms with Gasteiger partial charge < -0.3 is 11.1 Å². The van der Waals surface area contributed by atoms with Gasteiger partial charge in [-0.25, -0.2) is 8.42 Å². The predicted molar refractivity (Wildman–Crippen MR) is 83.2 cm³/mol. The smallest absolute Gasteiger partial charge is 0.241 e. The molecule has 1 aromatic carbocycles. The van der Waals surface area contributed by atoms with Gasteiger partial charge in [-0.1, -0.05) is 13.8 Å². The number of carbonyl (C=O) groups excluding carboxylic acids is 1. The minimum absolute atomic E-state index is 0.0951. The van der Waals surface area contributed by atoms with Crippen LogP contribution in [0.4, 0.5) is 5.69 Å². The first kappa shape index (κ1) is 17.5. The highest BCUT2D eigenvalue weighted by Gasteiger charge is 2.22. The molecule has 21 heavy (non-hydrogen) atoms. The number of anilines is 1.